The summed E-state index contributed by atoms with van der Waals surface area (Å²) in [6, 6.07) is 16.5. The molecule has 2 aliphatic rings. The Balaban J connectivity index is 1.29. The van der Waals surface area contributed by atoms with Crippen molar-refractivity contribution in [2.75, 3.05) is 17.2 Å². The minimum atomic E-state index is -0.453. The second kappa shape index (κ2) is 9.75. The van der Waals surface area contributed by atoms with Crippen molar-refractivity contribution >= 4 is 29.3 Å². The van der Waals surface area contributed by atoms with Gasteiger partial charge in [0.15, 0.2) is 0 Å². The van der Waals surface area contributed by atoms with Crippen molar-refractivity contribution < 1.29 is 9.59 Å². The lowest BCUT2D eigenvalue weighted by Crippen LogP contribution is -2.33. The number of aromatic nitrogens is 2. The molecule has 1 aromatic heterocycles. The third-order valence-corrected chi connectivity index (χ3v) is 6.35. The Kier molecular flexibility index (Phi) is 6.33. The van der Waals surface area contributed by atoms with Crippen LogP contribution in [0.3, 0.4) is 0 Å². The van der Waals surface area contributed by atoms with Gasteiger partial charge < -0.3 is 10.6 Å². The molecule has 2 N–H and O–H groups in total. The van der Waals surface area contributed by atoms with Crippen LogP contribution < -0.4 is 10.6 Å². The van der Waals surface area contributed by atoms with Crippen molar-refractivity contribution in [3.05, 3.63) is 77.0 Å². The number of benzene rings is 2. The Morgan fingerprint density at radius 1 is 1.05 bits per heavy atom. The van der Waals surface area contributed by atoms with Crippen LogP contribution in [0.25, 0.3) is 0 Å². The van der Waals surface area contributed by atoms with E-state index >= 15 is 0 Å². The van der Waals surface area contributed by atoms with E-state index in [1.54, 1.807) is 54.7 Å². The van der Waals surface area contributed by atoms with Crippen LogP contribution in [-0.4, -0.2) is 39.3 Å². The number of hydrogen-bond acceptors (Lipinski definition) is 7. The molecule has 184 valence electrons. The Hall–Kier alpha value is -4.69. The highest BCUT2D eigenvalue weighted by Crippen LogP contribution is 2.28. The fraction of sp³-hybridized carbons (Fsp3) is 0.276. The molecule has 2 aromatic carbocycles. The fourth-order valence-corrected chi connectivity index (χ4v) is 3.95. The summed E-state index contributed by atoms with van der Waals surface area (Å²) >= 11 is 0. The van der Waals surface area contributed by atoms with Crippen LogP contribution in [0.4, 0.5) is 17.5 Å². The van der Waals surface area contributed by atoms with Gasteiger partial charge in [0.05, 0.1) is 34.5 Å². The van der Waals surface area contributed by atoms with Crippen molar-refractivity contribution in [1.29, 1.82) is 5.26 Å². The first kappa shape index (κ1) is 24.0. The van der Waals surface area contributed by atoms with Gasteiger partial charge in [0.25, 0.3) is 11.8 Å². The van der Waals surface area contributed by atoms with Gasteiger partial charge >= 0.3 is 0 Å². The number of anilines is 3. The minimum Gasteiger partial charge on any atom is -0.366 e. The summed E-state index contributed by atoms with van der Waals surface area (Å²) in [6.45, 7) is 4.28. The molecule has 2 heterocycles. The Morgan fingerprint density at radius 2 is 1.73 bits per heavy atom. The van der Waals surface area contributed by atoms with E-state index in [0.717, 1.165) is 18.5 Å². The first-order valence-electron chi connectivity index (χ1n) is 12.2. The quantitative estimate of drug-likeness (QED) is 0.364. The number of imide groups is 1. The zero-order valence-electron chi connectivity index (χ0n) is 20.7. The molecule has 0 radical (unpaired) electrons. The number of fused-ring (bicyclic) bond motifs is 1. The Bertz CT molecular complexity index is 1440. The SMILES string of the molecule is CC(C)(C#Cc1cnc(Nc2ccc(C#N)cc2)nc1NC1CC1)CCN1C(=O)c2ccccc2C1=O. The van der Waals surface area contributed by atoms with Crippen molar-refractivity contribution in [1.82, 2.24) is 14.9 Å². The number of carbonyl (C=O) groups is 2. The van der Waals surface area contributed by atoms with Gasteiger partial charge in [-0.05, 0) is 69.5 Å². The molecule has 8 heteroatoms. The highest BCUT2D eigenvalue weighted by Gasteiger charge is 2.35. The molecule has 37 heavy (non-hydrogen) atoms. The average Bonchev–Trinajstić information content (AvgIpc) is 3.68. The molecule has 0 unspecified atom stereocenters. The van der Waals surface area contributed by atoms with Gasteiger partial charge in [0.1, 0.15) is 5.82 Å². The average molecular weight is 491 g/mol. The zero-order valence-corrected chi connectivity index (χ0v) is 20.7. The summed E-state index contributed by atoms with van der Waals surface area (Å²) in [6.07, 6.45) is 4.40. The van der Waals surface area contributed by atoms with Crippen LogP contribution >= 0.6 is 0 Å². The standard InChI is InChI=1S/C29H26N6O2/c1-29(2,15-16-35-26(36)23-5-3-4-6-24(23)27(35)37)14-13-20-18-31-28(34-25(20)32-21-11-12-21)33-22-9-7-19(17-30)8-10-22/h3-10,18,21H,11-12,15-16H2,1-2H3,(H2,31,32,33,34). The molecule has 5 rings (SSSR count). The van der Waals surface area contributed by atoms with Crippen LogP contribution in [0.2, 0.25) is 0 Å². The van der Waals surface area contributed by atoms with Gasteiger partial charge in [-0.1, -0.05) is 24.0 Å². The van der Waals surface area contributed by atoms with Crippen molar-refractivity contribution in [2.45, 2.75) is 39.2 Å². The zero-order chi connectivity index (χ0) is 26.0. The summed E-state index contributed by atoms with van der Waals surface area (Å²) in [4.78, 5) is 35.7. The van der Waals surface area contributed by atoms with Crippen LogP contribution in [-0.2, 0) is 0 Å². The summed E-state index contributed by atoms with van der Waals surface area (Å²) in [5.74, 6) is 7.11. The van der Waals surface area contributed by atoms with Gasteiger partial charge in [-0.15, -0.1) is 0 Å². The predicted molar refractivity (Wildman–Crippen MR) is 140 cm³/mol. The molecule has 1 aliphatic carbocycles. The fourth-order valence-electron chi connectivity index (χ4n) is 3.95. The van der Waals surface area contributed by atoms with Crippen LogP contribution in [0.15, 0.2) is 54.7 Å². The number of carbonyl (C=O) groups excluding carboxylic acids is 2. The van der Waals surface area contributed by atoms with E-state index in [1.165, 1.54) is 4.90 Å². The minimum absolute atomic E-state index is 0.251. The number of hydrogen-bond donors (Lipinski definition) is 2. The van der Waals surface area contributed by atoms with E-state index in [-0.39, 0.29) is 11.8 Å². The van der Waals surface area contributed by atoms with E-state index in [2.05, 4.69) is 38.5 Å². The molecule has 2 amide bonds. The lowest BCUT2D eigenvalue weighted by Gasteiger charge is -2.21. The van der Waals surface area contributed by atoms with Gasteiger partial charge in [-0.2, -0.15) is 10.2 Å². The van der Waals surface area contributed by atoms with E-state index in [9.17, 15) is 9.59 Å². The summed E-state index contributed by atoms with van der Waals surface area (Å²) < 4.78 is 0. The van der Waals surface area contributed by atoms with Gasteiger partial charge in [0, 0.05) is 23.7 Å². The summed E-state index contributed by atoms with van der Waals surface area (Å²) in [5.41, 5.74) is 2.51. The molecular formula is C29H26N6O2. The molecule has 0 spiro atoms. The number of rotatable bonds is 7. The highest BCUT2D eigenvalue weighted by atomic mass is 16.2. The Morgan fingerprint density at radius 3 is 2.35 bits per heavy atom. The van der Waals surface area contributed by atoms with Crippen LogP contribution in [0.1, 0.15) is 65.0 Å². The Labute approximate surface area is 215 Å². The molecule has 8 nitrogen and oxygen atoms in total. The maximum absolute atomic E-state index is 12.7. The lowest BCUT2D eigenvalue weighted by molar-refractivity contribution is 0.0643. The monoisotopic (exact) mass is 490 g/mol. The molecule has 3 aromatic rings. The largest absolute Gasteiger partial charge is 0.366 e. The number of nitrogens with one attached hydrogen (secondary N) is 2. The normalized spacial score (nSPS) is 14.5. The summed E-state index contributed by atoms with van der Waals surface area (Å²) in [5, 5.41) is 15.6. The molecular weight excluding hydrogens is 464 g/mol. The third kappa shape index (κ3) is 5.44. The van der Waals surface area contributed by atoms with Gasteiger partial charge in [-0.25, -0.2) is 4.98 Å². The molecule has 1 aliphatic heterocycles. The topological polar surface area (TPSA) is 111 Å². The first-order chi connectivity index (χ1) is 17.8. The second-order valence-electron chi connectivity index (χ2n) is 9.88. The number of amides is 2. The lowest BCUT2D eigenvalue weighted by atomic mass is 9.89. The maximum atomic E-state index is 12.7. The number of nitriles is 1. The van der Waals surface area contributed by atoms with Crippen molar-refractivity contribution in [3.8, 4) is 17.9 Å². The molecule has 1 fully saturated rings. The van der Waals surface area contributed by atoms with Gasteiger partial charge in [-0.3, -0.25) is 14.5 Å². The summed E-state index contributed by atoms with van der Waals surface area (Å²) in [7, 11) is 0. The predicted octanol–water partition coefficient (Wildman–Crippen LogP) is 4.73. The number of nitrogens with zero attached hydrogens (tertiary/aromatic N) is 4. The smallest absolute Gasteiger partial charge is 0.261 e. The van der Waals surface area contributed by atoms with E-state index in [4.69, 9.17) is 5.26 Å². The van der Waals surface area contributed by atoms with Crippen molar-refractivity contribution in [2.24, 2.45) is 5.41 Å². The van der Waals surface area contributed by atoms with E-state index in [0.29, 0.717) is 53.0 Å². The molecule has 1 saturated carbocycles. The molecule has 0 saturated heterocycles. The van der Waals surface area contributed by atoms with Crippen LogP contribution in [0, 0.1) is 28.6 Å². The molecule has 0 atom stereocenters. The maximum Gasteiger partial charge on any atom is 0.261 e. The van der Waals surface area contributed by atoms with E-state index < -0.39 is 5.41 Å². The highest BCUT2D eigenvalue weighted by molar-refractivity contribution is 6.21. The van der Waals surface area contributed by atoms with Crippen LogP contribution in [0.5, 0.6) is 0 Å². The van der Waals surface area contributed by atoms with Gasteiger partial charge in [0.2, 0.25) is 5.95 Å². The second-order valence-corrected chi connectivity index (χ2v) is 9.88. The van der Waals surface area contributed by atoms with Crippen molar-refractivity contribution in [3.63, 3.8) is 0 Å². The van der Waals surface area contributed by atoms with E-state index in [1.807, 2.05) is 13.8 Å². The molecule has 0 bridgehead atoms. The third-order valence-electron chi connectivity index (χ3n) is 6.35. The first-order valence-corrected chi connectivity index (χ1v) is 12.2.